The van der Waals surface area contributed by atoms with E-state index in [1.54, 1.807) is 0 Å². The van der Waals surface area contributed by atoms with Crippen LogP contribution in [0, 0.1) is 0 Å². The number of benzene rings is 1. The summed E-state index contributed by atoms with van der Waals surface area (Å²) in [4.78, 5) is 0. The van der Waals surface area contributed by atoms with E-state index in [0.717, 1.165) is 17.7 Å². The highest BCUT2D eigenvalue weighted by Crippen LogP contribution is 2.30. The molecule has 0 unspecified atom stereocenters. The fourth-order valence-electron chi connectivity index (χ4n) is 2.72. The van der Waals surface area contributed by atoms with Gasteiger partial charge in [-0.25, -0.2) is 4.68 Å². The van der Waals surface area contributed by atoms with Crippen molar-refractivity contribution in [1.29, 1.82) is 0 Å². The first-order chi connectivity index (χ1) is 10.3. The second kappa shape index (κ2) is 8.23. The average molecular weight is 303 g/mol. The lowest BCUT2D eigenvalue weighted by Crippen LogP contribution is -2.22. The van der Waals surface area contributed by atoms with Crippen LogP contribution in [0.2, 0.25) is 0 Å². The van der Waals surface area contributed by atoms with E-state index in [4.69, 9.17) is 0 Å². The maximum absolute atomic E-state index is 4.42. The van der Waals surface area contributed by atoms with E-state index in [1.165, 1.54) is 19.3 Å². The summed E-state index contributed by atoms with van der Waals surface area (Å²) in [7, 11) is 0. The molecule has 0 fully saturated rings. The maximum Gasteiger partial charge on any atom is 0.113 e. The molecule has 114 valence electrons. The summed E-state index contributed by atoms with van der Waals surface area (Å²) in [5, 5.41) is 9.40. The summed E-state index contributed by atoms with van der Waals surface area (Å²) in [6.45, 7) is 4.49. The highest BCUT2D eigenvalue weighted by Gasteiger charge is 2.22. The summed E-state index contributed by atoms with van der Waals surface area (Å²) >= 11 is 1.95. The molecule has 0 aliphatic rings. The van der Waals surface area contributed by atoms with Gasteiger partial charge in [0.15, 0.2) is 0 Å². The van der Waals surface area contributed by atoms with Gasteiger partial charge < -0.3 is 0 Å². The van der Waals surface area contributed by atoms with Crippen LogP contribution in [0.1, 0.15) is 45.6 Å². The van der Waals surface area contributed by atoms with E-state index >= 15 is 0 Å². The zero-order chi connectivity index (χ0) is 15.1. The number of hydrogen-bond acceptors (Lipinski definition) is 3. The summed E-state index contributed by atoms with van der Waals surface area (Å²) in [5.74, 6) is 0. The van der Waals surface area contributed by atoms with E-state index in [0.29, 0.717) is 11.3 Å². The van der Waals surface area contributed by atoms with Gasteiger partial charge >= 0.3 is 0 Å². The van der Waals surface area contributed by atoms with Gasteiger partial charge in [-0.2, -0.15) is 11.8 Å². The van der Waals surface area contributed by atoms with Crippen molar-refractivity contribution >= 4 is 11.8 Å². The molecule has 0 N–H and O–H groups in total. The molecule has 1 heterocycles. The number of thioether (sulfide) groups is 1. The molecule has 2 atom stereocenters. The summed E-state index contributed by atoms with van der Waals surface area (Å²) in [6.07, 6.45) is 9.08. The predicted molar refractivity (Wildman–Crippen MR) is 91.6 cm³/mol. The van der Waals surface area contributed by atoms with Gasteiger partial charge in [0.25, 0.3) is 0 Å². The predicted octanol–water partition coefficient (Wildman–Crippen LogP) is 4.82. The molecule has 0 radical (unpaired) electrons. The van der Waals surface area contributed by atoms with Crippen LogP contribution in [-0.4, -0.2) is 26.5 Å². The lowest BCUT2D eigenvalue weighted by molar-refractivity contribution is 0.386. The summed E-state index contributed by atoms with van der Waals surface area (Å²) in [6, 6.07) is 10.7. The fraction of sp³-hybridized carbons (Fsp3) is 0.529. The van der Waals surface area contributed by atoms with Gasteiger partial charge in [0.1, 0.15) is 5.69 Å². The Hall–Kier alpha value is -1.29. The van der Waals surface area contributed by atoms with Crippen LogP contribution in [0.25, 0.3) is 11.3 Å². The van der Waals surface area contributed by atoms with Crippen LogP contribution in [0.4, 0.5) is 0 Å². The highest BCUT2D eigenvalue weighted by atomic mass is 32.2. The minimum absolute atomic E-state index is 0.440. The van der Waals surface area contributed by atoms with Crippen molar-refractivity contribution in [1.82, 2.24) is 15.0 Å². The Morgan fingerprint density at radius 1 is 1.10 bits per heavy atom. The van der Waals surface area contributed by atoms with Crippen molar-refractivity contribution in [2.24, 2.45) is 0 Å². The molecule has 0 amide bonds. The Bertz CT molecular complexity index is 524. The topological polar surface area (TPSA) is 30.7 Å². The molecule has 0 saturated heterocycles. The van der Waals surface area contributed by atoms with Crippen molar-refractivity contribution in [3.8, 4) is 11.3 Å². The Labute approximate surface area is 132 Å². The molecule has 21 heavy (non-hydrogen) atoms. The third-order valence-corrected chi connectivity index (χ3v) is 4.96. The van der Waals surface area contributed by atoms with Crippen molar-refractivity contribution in [2.75, 3.05) is 6.26 Å². The second-order valence-electron chi connectivity index (χ2n) is 5.37. The molecule has 0 aliphatic carbocycles. The number of nitrogens with zero attached hydrogens (tertiary/aromatic N) is 3. The lowest BCUT2D eigenvalue weighted by Gasteiger charge is -2.25. The molecule has 0 spiro atoms. The average Bonchev–Trinajstić information content (AvgIpc) is 3.01. The van der Waals surface area contributed by atoms with Crippen molar-refractivity contribution in [3.63, 3.8) is 0 Å². The van der Waals surface area contributed by atoms with Crippen molar-refractivity contribution < 1.29 is 0 Å². The van der Waals surface area contributed by atoms with Gasteiger partial charge in [-0.05, 0) is 19.1 Å². The van der Waals surface area contributed by atoms with Gasteiger partial charge in [-0.1, -0.05) is 62.2 Å². The maximum atomic E-state index is 4.42. The summed E-state index contributed by atoms with van der Waals surface area (Å²) in [5.41, 5.74) is 2.10. The highest BCUT2D eigenvalue weighted by molar-refractivity contribution is 7.99. The molecule has 3 nitrogen and oxygen atoms in total. The first-order valence-electron chi connectivity index (χ1n) is 7.80. The molecule has 2 rings (SSSR count). The third-order valence-electron chi connectivity index (χ3n) is 3.81. The monoisotopic (exact) mass is 303 g/mol. The molecule has 0 saturated carbocycles. The fourth-order valence-corrected chi connectivity index (χ4v) is 3.76. The summed E-state index contributed by atoms with van der Waals surface area (Å²) < 4.78 is 2.09. The number of rotatable bonds is 8. The van der Waals surface area contributed by atoms with Crippen LogP contribution < -0.4 is 0 Å². The van der Waals surface area contributed by atoms with Crippen LogP contribution in [0.5, 0.6) is 0 Å². The van der Waals surface area contributed by atoms with Gasteiger partial charge in [0, 0.05) is 10.8 Å². The minimum atomic E-state index is 0.440. The normalized spacial score (nSPS) is 14.0. The molecule has 0 aliphatic heterocycles. The molecule has 2 aromatic rings. The van der Waals surface area contributed by atoms with Gasteiger partial charge in [-0.3, -0.25) is 0 Å². The van der Waals surface area contributed by atoms with E-state index in [-0.39, 0.29) is 0 Å². The number of hydrogen-bond donors (Lipinski definition) is 0. The molecular formula is C17H25N3S. The standard InChI is InChI=1S/C17H25N3S/c1-4-9-16(17(21-3)10-5-2)20-13-15(18-19-20)14-11-7-6-8-12-14/h6-8,11-13,16-17H,4-5,9-10H2,1-3H3/t16-,17-/m1/s1. The van der Waals surface area contributed by atoms with Crippen LogP contribution >= 0.6 is 11.8 Å². The molecule has 0 bridgehead atoms. The van der Waals surface area contributed by atoms with Crippen LogP contribution in [-0.2, 0) is 0 Å². The van der Waals surface area contributed by atoms with Crippen molar-refractivity contribution in [3.05, 3.63) is 36.5 Å². The Morgan fingerprint density at radius 3 is 2.43 bits per heavy atom. The Kier molecular flexibility index (Phi) is 6.30. The van der Waals surface area contributed by atoms with Gasteiger partial charge in [0.05, 0.1) is 12.2 Å². The quantitative estimate of drug-likeness (QED) is 0.700. The van der Waals surface area contributed by atoms with E-state index < -0.39 is 0 Å². The molecule has 1 aromatic heterocycles. The Morgan fingerprint density at radius 2 is 1.81 bits per heavy atom. The zero-order valence-electron chi connectivity index (χ0n) is 13.2. The second-order valence-corrected chi connectivity index (χ2v) is 6.45. The van der Waals surface area contributed by atoms with Gasteiger partial charge in [0.2, 0.25) is 0 Å². The lowest BCUT2D eigenvalue weighted by atomic mass is 10.0. The van der Waals surface area contributed by atoms with E-state index in [9.17, 15) is 0 Å². The minimum Gasteiger partial charge on any atom is -0.248 e. The molecule has 4 heteroatoms. The first kappa shape index (κ1) is 16.1. The zero-order valence-corrected chi connectivity index (χ0v) is 14.0. The molecule has 1 aromatic carbocycles. The van der Waals surface area contributed by atoms with Gasteiger partial charge in [-0.15, -0.1) is 5.10 Å². The largest absolute Gasteiger partial charge is 0.248 e. The first-order valence-corrected chi connectivity index (χ1v) is 9.09. The smallest absolute Gasteiger partial charge is 0.113 e. The van der Waals surface area contributed by atoms with E-state index in [1.807, 2.05) is 30.0 Å². The van der Waals surface area contributed by atoms with Crippen LogP contribution in [0.3, 0.4) is 0 Å². The van der Waals surface area contributed by atoms with Crippen molar-refractivity contribution in [2.45, 2.75) is 50.8 Å². The molecular weight excluding hydrogens is 278 g/mol. The Balaban J connectivity index is 2.23. The van der Waals surface area contributed by atoms with E-state index in [2.05, 4.69) is 53.4 Å². The third kappa shape index (κ3) is 4.10. The SMILES string of the molecule is CCC[C@H]([C@@H](CCC)SC)n1cc(-c2ccccc2)nn1. The number of aromatic nitrogens is 3. The van der Waals surface area contributed by atoms with Crippen LogP contribution in [0.15, 0.2) is 36.5 Å².